The maximum absolute atomic E-state index is 11.6. The third kappa shape index (κ3) is 3.88. The molecule has 0 saturated carbocycles. The van der Waals surface area contributed by atoms with Gasteiger partial charge in [-0.3, -0.25) is 4.79 Å². The van der Waals surface area contributed by atoms with Crippen LogP contribution < -0.4 is 10.6 Å². The second-order valence-corrected chi connectivity index (χ2v) is 5.61. The molecule has 1 amide bonds. The van der Waals surface area contributed by atoms with E-state index in [1.165, 1.54) is 0 Å². The minimum Gasteiger partial charge on any atom is -0.351 e. The summed E-state index contributed by atoms with van der Waals surface area (Å²) in [4.78, 5) is 17.3. The van der Waals surface area contributed by atoms with Crippen LogP contribution in [0.25, 0.3) is 10.6 Å². The highest BCUT2D eigenvalue weighted by Crippen LogP contribution is 2.27. The van der Waals surface area contributed by atoms with Crippen molar-refractivity contribution < 1.29 is 4.79 Å². The van der Waals surface area contributed by atoms with Crippen molar-refractivity contribution in [3.8, 4) is 10.6 Å². The van der Waals surface area contributed by atoms with E-state index in [-0.39, 0.29) is 5.91 Å². The molecule has 0 atom stereocenters. The zero-order chi connectivity index (χ0) is 14.4. The quantitative estimate of drug-likeness (QED) is 0.858. The Morgan fingerprint density at radius 2 is 2.05 bits per heavy atom. The number of carbonyl (C=O) groups excluding carboxylic acids is 1. The maximum atomic E-state index is 11.6. The Kier molecular flexibility index (Phi) is 5.26. The first-order valence-electron chi connectivity index (χ1n) is 6.63. The second kappa shape index (κ2) is 7.17. The molecule has 0 fully saturated rings. The maximum Gasteiger partial charge on any atom is 0.221 e. The highest BCUT2D eigenvalue weighted by Gasteiger charge is 2.10. The van der Waals surface area contributed by atoms with Gasteiger partial charge in [-0.25, -0.2) is 4.98 Å². The van der Waals surface area contributed by atoms with E-state index < -0.39 is 0 Å². The topological polar surface area (TPSA) is 54.0 Å². The fourth-order valence-corrected chi connectivity index (χ4v) is 2.81. The molecular weight excluding hydrogens is 270 g/mol. The molecule has 2 N–H and O–H groups in total. The number of amides is 1. The molecule has 2 aromatic rings. The molecular formula is C15H19N3OS. The van der Waals surface area contributed by atoms with Gasteiger partial charge in [0.15, 0.2) is 0 Å². The second-order valence-electron chi connectivity index (χ2n) is 4.52. The first kappa shape index (κ1) is 14.7. The SMILES string of the molecule is CNCCC(=O)NCc1sc(-c2ccccc2)nc1C. The van der Waals surface area contributed by atoms with Gasteiger partial charge in [-0.2, -0.15) is 0 Å². The molecule has 0 aliphatic carbocycles. The monoisotopic (exact) mass is 289 g/mol. The highest BCUT2D eigenvalue weighted by molar-refractivity contribution is 7.15. The number of hydrogen-bond donors (Lipinski definition) is 2. The number of rotatable bonds is 6. The molecule has 0 spiro atoms. The normalized spacial score (nSPS) is 10.5. The summed E-state index contributed by atoms with van der Waals surface area (Å²) in [5.74, 6) is 0.0633. The number of aromatic nitrogens is 1. The lowest BCUT2D eigenvalue weighted by Crippen LogP contribution is -2.25. The van der Waals surface area contributed by atoms with Gasteiger partial charge in [0.05, 0.1) is 12.2 Å². The number of thiazole rings is 1. The van der Waals surface area contributed by atoms with Crippen LogP contribution in [0.4, 0.5) is 0 Å². The van der Waals surface area contributed by atoms with Crippen LogP contribution in [0.5, 0.6) is 0 Å². The molecule has 1 heterocycles. The summed E-state index contributed by atoms with van der Waals surface area (Å²) in [5, 5.41) is 6.90. The molecule has 106 valence electrons. The van der Waals surface area contributed by atoms with Crippen LogP contribution in [0.2, 0.25) is 0 Å². The number of benzene rings is 1. The Bertz CT molecular complexity index is 566. The van der Waals surface area contributed by atoms with E-state index in [0.29, 0.717) is 19.5 Å². The van der Waals surface area contributed by atoms with Crippen LogP contribution in [0.1, 0.15) is 17.0 Å². The Labute approximate surface area is 123 Å². The zero-order valence-electron chi connectivity index (χ0n) is 11.8. The van der Waals surface area contributed by atoms with Gasteiger partial charge in [0.2, 0.25) is 5.91 Å². The van der Waals surface area contributed by atoms with Crippen molar-refractivity contribution in [2.75, 3.05) is 13.6 Å². The van der Waals surface area contributed by atoms with Crippen LogP contribution in [-0.2, 0) is 11.3 Å². The van der Waals surface area contributed by atoms with Crippen molar-refractivity contribution in [2.45, 2.75) is 19.9 Å². The summed E-state index contributed by atoms with van der Waals surface area (Å²) in [6.07, 6.45) is 0.500. The molecule has 4 nitrogen and oxygen atoms in total. The number of carbonyl (C=O) groups is 1. The molecule has 5 heteroatoms. The lowest BCUT2D eigenvalue weighted by Gasteiger charge is -2.03. The van der Waals surface area contributed by atoms with E-state index in [1.807, 2.05) is 44.3 Å². The number of aryl methyl sites for hydroxylation is 1. The smallest absolute Gasteiger partial charge is 0.221 e. The molecule has 0 saturated heterocycles. The third-order valence-electron chi connectivity index (χ3n) is 2.96. The fourth-order valence-electron chi connectivity index (χ4n) is 1.80. The van der Waals surface area contributed by atoms with Crippen molar-refractivity contribution in [1.29, 1.82) is 0 Å². The lowest BCUT2D eigenvalue weighted by molar-refractivity contribution is -0.121. The number of nitrogens with zero attached hydrogens (tertiary/aromatic N) is 1. The van der Waals surface area contributed by atoms with E-state index in [4.69, 9.17) is 0 Å². The first-order valence-corrected chi connectivity index (χ1v) is 7.45. The third-order valence-corrected chi connectivity index (χ3v) is 4.17. The van der Waals surface area contributed by atoms with Crippen molar-refractivity contribution >= 4 is 17.2 Å². The van der Waals surface area contributed by atoms with Gasteiger partial charge >= 0.3 is 0 Å². The number of hydrogen-bond acceptors (Lipinski definition) is 4. The predicted octanol–water partition coefficient (Wildman–Crippen LogP) is 2.34. The molecule has 0 aliphatic heterocycles. The molecule has 1 aromatic heterocycles. The zero-order valence-corrected chi connectivity index (χ0v) is 12.6. The average molecular weight is 289 g/mol. The van der Waals surface area contributed by atoms with E-state index in [1.54, 1.807) is 11.3 Å². The fraction of sp³-hybridized carbons (Fsp3) is 0.333. The summed E-state index contributed by atoms with van der Waals surface area (Å²) >= 11 is 1.64. The molecule has 0 aliphatic rings. The van der Waals surface area contributed by atoms with Gasteiger partial charge in [0, 0.05) is 23.4 Å². The van der Waals surface area contributed by atoms with Gasteiger partial charge in [-0.15, -0.1) is 11.3 Å². The molecule has 20 heavy (non-hydrogen) atoms. The van der Waals surface area contributed by atoms with Crippen LogP contribution in [-0.4, -0.2) is 24.5 Å². The van der Waals surface area contributed by atoms with Crippen LogP contribution >= 0.6 is 11.3 Å². The van der Waals surface area contributed by atoms with Gasteiger partial charge in [-0.1, -0.05) is 30.3 Å². The van der Waals surface area contributed by atoms with E-state index in [0.717, 1.165) is 21.1 Å². The Morgan fingerprint density at radius 1 is 1.30 bits per heavy atom. The molecule has 0 unspecified atom stereocenters. The van der Waals surface area contributed by atoms with Crippen molar-refractivity contribution in [3.63, 3.8) is 0 Å². The van der Waals surface area contributed by atoms with E-state index in [2.05, 4.69) is 15.6 Å². The molecule has 0 bridgehead atoms. The van der Waals surface area contributed by atoms with Crippen LogP contribution in [0.3, 0.4) is 0 Å². The summed E-state index contributed by atoms with van der Waals surface area (Å²) in [6.45, 7) is 3.24. The Hall–Kier alpha value is -1.72. The highest BCUT2D eigenvalue weighted by atomic mass is 32.1. The summed E-state index contributed by atoms with van der Waals surface area (Å²) in [5.41, 5.74) is 2.11. The van der Waals surface area contributed by atoms with Gasteiger partial charge in [-0.05, 0) is 14.0 Å². The summed E-state index contributed by atoms with van der Waals surface area (Å²) in [6, 6.07) is 10.1. The largest absolute Gasteiger partial charge is 0.351 e. The van der Waals surface area contributed by atoms with Gasteiger partial charge in [0.1, 0.15) is 5.01 Å². The minimum absolute atomic E-state index is 0.0633. The Balaban J connectivity index is 2.00. The summed E-state index contributed by atoms with van der Waals surface area (Å²) in [7, 11) is 1.84. The Morgan fingerprint density at radius 3 is 2.75 bits per heavy atom. The first-order chi connectivity index (χ1) is 9.70. The van der Waals surface area contributed by atoms with Gasteiger partial charge in [0.25, 0.3) is 0 Å². The van der Waals surface area contributed by atoms with E-state index >= 15 is 0 Å². The summed E-state index contributed by atoms with van der Waals surface area (Å²) < 4.78 is 0. The lowest BCUT2D eigenvalue weighted by atomic mass is 10.2. The van der Waals surface area contributed by atoms with Crippen molar-refractivity contribution in [1.82, 2.24) is 15.6 Å². The molecule has 1 aromatic carbocycles. The molecule has 0 radical (unpaired) electrons. The number of nitrogens with one attached hydrogen (secondary N) is 2. The predicted molar refractivity (Wildman–Crippen MR) is 82.7 cm³/mol. The molecule has 2 rings (SSSR count). The van der Waals surface area contributed by atoms with E-state index in [9.17, 15) is 4.79 Å². The van der Waals surface area contributed by atoms with Crippen molar-refractivity contribution in [3.05, 3.63) is 40.9 Å². The van der Waals surface area contributed by atoms with Crippen LogP contribution in [0, 0.1) is 6.92 Å². The minimum atomic E-state index is 0.0633. The van der Waals surface area contributed by atoms with Crippen molar-refractivity contribution in [2.24, 2.45) is 0 Å². The van der Waals surface area contributed by atoms with Gasteiger partial charge < -0.3 is 10.6 Å². The standard InChI is InChI=1S/C15H19N3OS/c1-11-13(10-17-14(19)8-9-16-2)20-15(18-11)12-6-4-3-5-7-12/h3-7,16H,8-10H2,1-2H3,(H,17,19). The average Bonchev–Trinajstić information content (AvgIpc) is 2.85. The van der Waals surface area contributed by atoms with Crippen LogP contribution in [0.15, 0.2) is 30.3 Å².